The number of aromatic hydroxyl groups is 3. The summed E-state index contributed by atoms with van der Waals surface area (Å²) in [7, 11) is 1.32. The van der Waals surface area contributed by atoms with E-state index in [9.17, 15) is 50.8 Å². The third-order valence-corrected chi connectivity index (χ3v) is 7.49. The number of phenols is 3. The molecule has 2 aliphatic heterocycles. The van der Waals surface area contributed by atoms with Gasteiger partial charge in [0.1, 0.15) is 65.2 Å². The van der Waals surface area contributed by atoms with E-state index in [1.807, 2.05) is 0 Å². The molecule has 0 radical (unpaired) electrons. The Labute approximate surface area is 248 Å². The molecule has 2 aliphatic rings. The van der Waals surface area contributed by atoms with E-state index in [1.165, 1.54) is 32.2 Å². The zero-order valence-electron chi connectivity index (χ0n) is 23.3. The average Bonchev–Trinajstić information content (AvgIpc) is 2.98. The number of hydrogen-bond donors (Lipinski definition) is 9. The summed E-state index contributed by atoms with van der Waals surface area (Å²) in [6, 6.07) is 5.88. The number of ether oxygens (including phenoxy) is 5. The molecule has 16 heteroatoms. The molecule has 2 aromatic carbocycles. The Hall–Kier alpha value is -3.71. The van der Waals surface area contributed by atoms with Crippen LogP contribution in [-0.2, 0) is 14.2 Å². The van der Waals surface area contributed by atoms with Gasteiger partial charge in [-0.25, -0.2) is 0 Å². The second-order valence-corrected chi connectivity index (χ2v) is 10.5. The molecule has 2 saturated heterocycles. The van der Waals surface area contributed by atoms with Crippen molar-refractivity contribution < 1.29 is 74.1 Å². The van der Waals surface area contributed by atoms with Crippen molar-refractivity contribution in [3.05, 3.63) is 40.6 Å². The number of aliphatic hydroxyl groups is 6. The minimum absolute atomic E-state index is 0.0594. The average molecular weight is 625 g/mol. The highest BCUT2D eigenvalue weighted by atomic mass is 16.7. The molecule has 1 aromatic heterocycles. The molecule has 3 heterocycles. The molecule has 3 aromatic rings. The van der Waals surface area contributed by atoms with Crippen LogP contribution < -0.4 is 14.9 Å². The first kappa shape index (κ1) is 31.7. The zero-order valence-corrected chi connectivity index (χ0v) is 23.3. The van der Waals surface area contributed by atoms with Crippen LogP contribution in [0, 0.1) is 0 Å². The van der Waals surface area contributed by atoms with Crippen LogP contribution in [0.5, 0.6) is 28.7 Å². The van der Waals surface area contributed by atoms with E-state index in [1.54, 1.807) is 0 Å². The van der Waals surface area contributed by atoms with Crippen LogP contribution in [0.1, 0.15) is 6.92 Å². The molecule has 9 N–H and O–H groups in total. The van der Waals surface area contributed by atoms with Gasteiger partial charge in [0.2, 0.25) is 17.5 Å². The number of rotatable bonds is 7. The van der Waals surface area contributed by atoms with Crippen molar-refractivity contribution >= 4 is 11.0 Å². The van der Waals surface area contributed by atoms with Crippen LogP contribution in [-0.4, -0.2) is 121 Å². The van der Waals surface area contributed by atoms with Gasteiger partial charge in [0, 0.05) is 17.7 Å². The second kappa shape index (κ2) is 12.4. The van der Waals surface area contributed by atoms with Gasteiger partial charge in [0.05, 0.1) is 19.8 Å². The maximum Gasteiger partial charge on any atom is 0.239 e. The number of phenolic OH excluding ortho intramolecular Hbond substituents is 3. The number of methoxy groups -OCH3 is 1. The molecule has 0 bridgehead atoms. The van der Waals surface area contributed by atoms with Gasteiger partial charge in [-0.1, -0.05) is 0 Å². The molecule has 1 unspecified atom stereocenters. The van der Waals surface area contributed by atoms with E-state index in [4.69, 9.17) is 28.1 Å². The van der Waals surface area contributed by atoms with E-state index in [0.717, 1.165) is 12.1 Å². The largest absolute Gasteiger partial charge is 0.508 e. The summed E-state index contributed by atoms with van der Waals surface area (Å²) >= 11 is 0. The molecule has 16 nitrogen and oxygen atoms in total. The molecule has 0 amide bonds. The standard InChI is InChI=1S/C28H32O16/c1-9-18(32)21(35)23(37)27(41-9)40-8-16-19(33)22(36)24(38)28(43-16)44-26-20(34)17-13(31)6-11(29)7-15(17)42-25(26)10-3-4-14(39-2)12(30)5-10/h3-7,9,16,18-19,21-24,27-33,35-38H,8H2,1-2H3/t9-,16+,18-,19+,21+,22-,23+,24+,27?,28-/m0/s1. The summed E-state index contributed by atoms with van der Waals surface area (Å²) in [5, 5.41) is 92.3. The molecule has 2 fully saturated rings. The van der Waals surface area contributed by atoms with Crippen LogP contribution in [0.3, 0.4) is 0 Å². The lowest BCUT2D eigenvalue weighted by atomic mass is 9.98. The molecule has 0 saturated carbocycles. The summed E-state index contributed by atoms with van der Waals surface area (Å²) < 4.78 is 33.1. The van der Waals surface area contributed by atoms with E-state index in [-0.39, 0.29) is 28.4 Å². The van der Waals surface area contributed by atoms with Gasteiger partial charge in [0.25, 0.3) is 0 Å². The van der Waals surface area contributed by atoms with Crippen molar-refractivity contribution in [3.63, 3.8) is 0 Å². The second-order valence-electron chi connectivity index (χ2n) is 10.5. The molecule has 0 spiro atoms. The van der Waals surface area contributed by atoms with Gasteiger partial charge in [-0.2, -0.15) is 0 Å². The first-order chi connectivity index (χ1) is 20.8. The smallest absolute Gasteiger partial charge is 0.239 e. The summed E-state index contributed by atoms with van der Waals surface area (Å²) in [5.74, 6) is -2.33. The number of aliphatic hydroxyl groups excluding tert-OH is 6. The summed E-state index contributed by atoms with van der Waals surface area (Å²) in [5.41, 5.74) is -1.19. The van der Waals surface area contributed by atoms with Gasteiger partial charge in [0.15, 0.2) is 23.5 Å². The highest BCUT2D eigenvalue weighted by Gasteiger charge is 2.47. The monoisotopic (exact) mass is 624 g/mol. The summed E-state index contributed by atoms with van der Waals surface area (Å²) in [4.78, 5) is 13.7. The van der Waals surface area contributed by atoms with E-state index < -0.39 is 96.1 Å². The number of hydrogen-bond acceptors (Lipinski definition) is 16. The molecule has 5 rings (SSSR count). The third kappa shape index (κ3) is 5.74. The van der Waals surface area contributed by atoms with E-state index in [2.05, 4.69) is 0 Å². The lowest BCUT2D eigenvalue weighted by molar-refractivity contribution is -0.318. The van der Waals surface area contributed by atoms with Gasteiger partial charge in [-0.3, -0.25) is 4.79 Å². The zero-order chi connectivity index (χ0) is 32.0. The normalized spacial score (nSPS) is 32.5. The minimum atomic E-state index is -1.95. The van der Waals surface area contributed by atoms with Crippen LogP contribution >= 0.6 is 0 Å². The Morgan fingerprint density at radius 3 is 2.16 bits per heavy atom. The Morgan fingerprint density at radius 1 is 0.795 bits per heavy atom. The molecular formula is C28H32O16. The fourth-order valence-electron chi connectivity index (χ4n) is 5.01. The first-order valence-electron chi connectivity index (χ1n) is 13.4. The number of fused-ring (bicyclic) bond motifs is 1. The Morgan fingerprint density at radius 2 is 1.48 bits per heavy atom. The number of benzene rings is 2. The van der Waals surface area contributed by atoms with Crippen LogP contribution in [0.4, 0.5) is 0 Å². The van der Waals surface area contributed by atoms with Gasteiger partial charge in [-0.15, -0.1) is 0 Å². The summed E-state index contributed by atoms with van der Waals surface area (Å²) in [6.07, 6.45) is -16.0. The third-order valence-electron chi connectivity index (χ3n) is 7.49. The molecule has 44 heavy (non-hydrogen) atoms. The maximum atomic E-state index is 13.7. The highest BCUT2D eigenvalue weighted by Crippen LogP contribution is 2.39. The SMILES string of the molecule is COc1ccc(-c2oc3cc(O)cc(O)c3c(=O)c2O[C@@H]2O[C@H](COC3O[C@@H](C)[C@H](O)[C@@H](O)[C@H]3O)[C@@H](O)[C@H](O)[C@H]2O)cc1O. The Kier molecular flexibility index (Phi) is 8.90. The quantitative estimate of drug-likeness (QED) is 0.147. The van der Waals surface area contributed by atoms with Gasteiger partial charge >= 0.3 is 0 Å². The predicted molar refractivity (Wildman–Crippen MR) is 145 cm³/mol. The Balaban J connectivity index is 1.48. The first-order valence-corrected chi connectivity index (χ1v) is 13.4. The highest BCUT2D eigenvalue weighted by molar-refractivity contribution is 5.88. The molecule has 10 atom stereocenters. The summed E-state index contributed by atoms with van der Waals surface area (Å²) in [6.45, 7) is 0.841. The van der Waals surface area contributed by atoms with Crippen molar-refractivity contribution in [2.24, 2.45) is 0 Å². The fraction of sp³-hybridized carbons (Fsp3) is 0.464. The van der Waals surface area contributed by atoms with Crippen molar-refractivity contribution in [1.29, 1.82) is 0 Å². The van der Waals surface area contributed by atoms with Crippen molar-refractivity contribution in [2.75, 3.05) is 13.7 Å². The van der Waals surface area contributed by atoms with Crippen LogP contribution in [0.25, 0.3) is 22.3 Å². The lowest BCUT2D eigenvalue weighted by Gasteiger charge is -2.42. The molecule has 240 valence electrons. The minimum Gasteiger partial charge on any atom is -0.508 e. The molecule has 0 aliphatic carbocycles. The van der Waals surface area contributed by atoms with Crippen molar-refractivity contribution in [3.8, 4) is 40.1 Å². The fourth-order valence-corrected chi connectivity index (χ4v) is 5.01. The van der Waals surface area contributed by atoms with Crippen molar-refractivity contribution in [2.45, 2.75) is 68.3 Å². The van der Waals surface area contributed by atoms with Gasteiger partial charge in [-0.05, 0) is 25.1 Å². The van der Waals surface area contributed by atoms with E-state index in [0.29, 0.717) is 0 Å². The predicted octanol–water partition coefficient (Wildman–Crippen LogP) is -1.38. The Bertz CT molecular complexity index is 1560. The van der Waals surface area contributed by atoms with Crippen LogP contribution in [0.2, 0.25) is 0 Å². The maximum absolute atomic E-state index is 13.7. The topological polar surface area (TPSA) is 258 Å². The van der Waals surface area contributed by atoms with Crippen molar-refractivity contribution in [1.82, 2.24) is 0 Å². The van der Waals surface area contributed by atoms with E-state index >= 15 is 0 Å². The lowest BCUT2D eigenvalue weighted by Crippen LogP contribution is -2.61. The molecular weight excluding hydrogens is 592 g/mol. The van der Waals surface area contributed by atoms with Crippen LogP contribution in [0.15, 0.2) is 39.5 Å². The van der Waals surface area contributed by atoms with Gasteiger partial charge < -0.3 is 74.1 Å².